The van der Waals surface area contributed by atoms with Gasteiger partial charge >= 0.3 is 0 Å². The zero-order chi connectivity index (χ0) is 15.5. The van der Waals surface area contributed by atoms with Crippen LogP contribution in [0, 0.1) is 13.8 Å². The highest BCUT2D eigenvalue weighted by molar-refractivity contribution is 6.05. The molecule has 0 radical (unpaired) electrons. The first-order valence-corrected chi connectivity index (χ1v) is 7.01. The zero-order valence-corrected chi connectivity index (χ0v) is 12.5. The largest absolute Gasteiger partial charge is 0.444 e. The lowest BCUT2D eigenvalue weighted by Crippen LogP contribution is -2.13. The molecule has 1 amide bonds. The Balaban J connectivity index is 1.78. The molecule has 2 aromatic carbocycles. The van der Waals surface area contributed by atoms with Crippen molar-refractivity contribution in [3.63, 3.8) is 0 Å². The van der Waals surface area contributed by atoms with Crippen molar-refractivity contribution in [3.8, 4) is 11.3 Å². The van der Waals surface area contributed by atoms with E-state index in [4.69, 9.17) is 4.42 Å². The smallest absolute Gasteiger partial charge is 0.255 e. The molecule has 3 aromatic rings. The highest BCUT2D eigenvalue weighted by Crippen LogP contribution is 2.21. The topological polar surface area (TPSA) is 55.1 Å². The lowest BCUT2D eigenvalue weighted by Gasteiger charge is -2.09. The van der Waals surface area contributed by atoms with E-state index < -0.39 is 0 Å². The van der Waals surface area contributed by atoms with Crippen LogP contribution in [0.3, 0.4) is 0 Å². The third-order valence-corrected chi connectivity index (χ3v) is 3.50. The van der Waals surface area contributed by atoms with Crippen LogP contribution in [-0.2, 0) is 0 Å². The van der Waals surface area contributed by atoms with Gasteiger partial charge in [0, 0.05) is 16.8 Å². The summed E-state index contributed by atoms with van der Waals surface area (Å²) in [5.41, 5.74) is 4.38. The summed E-state index contributed by atoms with van der Waals surface area (Å²) in [6, 6.07) is 13.3. The molecular weight excluding hydrogens is 276 g/mol. The number of nitrogens with zero attached hydrogens (tertiary/aromatic N) is 1. The molecular formula is C18H16N2O2. The van der Waals surface area contributed by atoms with E-state index in [1.807, 2.05) is 56.3 Å². The van der Waals surface area contributed by atoms with Crippen LogP contribution >= 0.6 is 0 Å². The predicted octanol–water partition coefficient (Wildman–Crippen LogP) is 4.21. The van der Waals surface area contributed by atoms with Crippen LogP contribution in [0.1, 0.15) is 21.5 Å². The average molecular weight is 292 g/mol. The number of amides is 1. The fourth-order valence-electron chi connectivity index (χ4n) is 2.26. The van der Waals surface area contributed by atoms with Crippen molar-refractivity contribution >= 4 is 11.6 Å². The van der Waals surface area contributed by atoms with Crippen molar-refractivity contribution in [1.29, 1.82) is 0 Å². The Kier molecular flexibility index (Phi) is 3.74. The molecule has 0 atom stereocenters. The number of rotatable bonds is 3. The molecule has 110 valence electrons. The lowest BCUT2D eigenvalue weighted by atomic mass is 10.0. The van der Waals surface area contributed by atoms with Crippen LogP contribution in [0.15, 0.2) is 59.5 Å². The van der Waals surface area contributed by atoms with E-state index >= 15 is 0 Å². The first kappa shape index (κ1) is 14.1. The fraction of sp³-hybridized carbons (Fsp3) is 0.111. The number of aromatic nitrogens is 1. The molecule has 0 bridgehead atoms. The summed E-state index contributed by atoms with van der Waals surface area (Å²) < 4.78 is 5.24. The molecule has 0 saturated carbocycles. The quantitative estimate of drug-likeness (QED) is 0.786. The maximum Gasteiger partial charge on any atom is 0.255 e. The summed E-state index contributed by atoms with van der Waals surface area (Å²) in [6.07, 6.45) is 3.05. The van der Waals surface area contributed by atoms with Gasteiger partial charge in [-0.05, 0) is 49.7 Å². The maximum atomic E-state index is 12.4. The molecule has 0 fully saturated rings. The molecule has 0 spiro atoms. The number of carbonyl (C=O) groups is 1. The van der Waals surface area contributed by atoms with E-state index in [0.29, 0.717) is 11.3 Å². The predicted molar refractivity (Wildman–Crippen MR) is 85.8 cm³/mol. The molecule has 22 heavy (non-hydrogen) atoms. The van der Waals surface area contributed by atoms with Gasteiger partial charge < -0.3 is 9.73 Å². The second-order valence-electron chi connectivity index (χ2n) is 5.22. The Hall–Kier alpha value is -2.88. The Morgan fingerprint density at radius 3 is 2.55 bits per heavy atom. The Bertz CT molecular complexity index is 790. The molecule has 1 N–H and O–H groups in total. The summed E-state index contributed by atoms with van der Waals surface area (Å²) in [4.78, 5) is 16.3. The second kappa shape index (κ2) is 5.85. The van der Waals surface area contributed by atoms with Crippen LogP contribution < -0.4 is 5.32 Å². The van der Waals surface area contributed by atoms with Crippen molar-refractivity contribution in [3.05, 3.63) is 71.7 Å². The van der Waals surface area contributed by atoms with E-state index in [0.717, 1.165) is 22.4 Å². The van der Waals surface area contributed by atoms with E-state index in [-0.39, 0.29) is 5.91 Å². The summed E-state index contributed by atoms with van der Waals surface area (Å²) in [7, 11) is 0. The summed E-state index contributed by atoms with van der Waals surface area (Å²) in [5, 5.41) is 2.91. The second-order valence-corrected chi connectivity index (χ2v) is 5.22. The first-order valence-electron chi connectivity index (χ1n) is 7.01. The van der Waals surface area contributed by atoms with Gasteiger partial charge in [0.15, 0.2) is 12.2 Å². The van der Waals surface area contributed by atoms with Crippen LogP contribution in [0.4, 0.5) is 5.69 Å². The number of hydrogen-bond acceptors (Lipinski definition) is 3. The minimum absolute atomic E-state index is 0.103. The van der Waals surface area contributed by atoms with Gasteiger partial charge in [-0.2, -0.15) is 0 Å². The minimum atomic E-state index is -0.103. The Morgan fingerprint density at radius 1 is 1.09 bits per heavy atom. The fourth-order valence-corrected chi connectivity index (χ4v) is 2.26. The van der Waals surface area contributed by atoms with Crippen LogP contribution in [-0.4, -0.2) is 10.9 Å². The van der Waals surface area contributed by atoms with Gasteiger partial charge in [0.2, 0.25) is 0 Å². The van der Waals surface area contributed by atoms with Gasteiger partial charge in [0.1, 0.15) is 0 Å². The average Bonchev–Trinajstić information content (AvgIpc) is 3.05. The highest BCUT2D eigenvalue weighted by atomic mass is 16.3. The number of anilines is 1. The van der Waals surface area contributed by atoms with Crippen LogP contribution in [0.25, 0.3) is 11.3 Å². The lowest BCUT2D eigenvalue weighted by molar-refractivity contribution is 0.102. The molecule has 4 heteroatoms. The molecule has 0 aliphatic carbocycles. The van der Waals surface area contributed by atoms with Crippen molar-refractivity contribution in [1.82, 2.24) is 4.98 Å². The normalized spacial score (nSPS) is 10.5. The first-order chi connectivity index (χ1) is 10.6. The summed E-state index contributed by atoms with van der Waals surface area (Å²) in [5.74, 6) is 0.598. The van der Waals surface area contributed by atoms with E-state index in [1.54, 1.807) is 6.20 Å². The van der Waals surface area contributed by atoms with Gasteiger partial charge in [-0.15, -0.1) is 0 Å². The molecule has 3 rings (SSSR count). The number of carbonyl (C=O) groups excluding carboxylic acids is 1. The summed E-state index contributed by atoms with van der Waals surface area (Å²) >= 11 is 0. The third kappa shape index (κ3) is 2.91. The molecule has 0 aliphatic rings. The van der Waals surface area contributed by atoms with E-state index in [2.05, 4.69) is 10.3 Å². The van der Waals surface area contributed by atoms with Crippen molar-refractivity contribution in [2.24, 2.45) is 0 Å². The minimum Gasteiger partial charge on any atom is -0.444 e. The SMILES string of the molecule is Cc1ccc(C)c(C(=O)Nc2ccc(-c3cnco3)cc2)c1. The molecule has 0 unspecified atom stereocenters. The Morgan fingerprint density at radius 2 is 1.86 bits per heavy atom. The number of aryl methyl sites for hydroxylation is 2. The molecule has 1 aromatic heterocycles. The molecule has 1 heterocycles. The van der Waals surface area contributed by atoms with Crippen LogP contribution in [0.5, 0.6) is 0 Å². The van der Waals surface area contributed by atoms with Crippen molar-refractivity contribution in [2.75, 3.05) is 5.32 Å². The highest BCUT2D eigenvalue weighted by Gasteiger charge is 2.10. The van der Waals surface area contributed by atoms with Gasteiger partial charge in [-0.3, -0.25) is 4.79 Å². The number of hydrogen-bond donors (Lipinski definition) is 1. The maximum absolute atomic E-state index is 12.4. The zero-order valence-electron chi connectivity index (χ0n) is 12.5. The van der Waals surface area contributed by atoms with E-state index in [1.165, 1.54) is 6.39 Å². The van der Waals surface area contributed by atoms with Gasteiger partial charge in [0.25, 0.3) is 5.91 Å². The van der Waals surface area contributed by atoms with Crippen molar-refractivity contribution < 1.29 is 9.21 Å². The molecule has 4 nitrogen and oxygen atoms in total. The number of oxazole rings is 1. The van der Waals surface area contributed by atoms with Gasteiger partial charge in [-0.1, -0.05) is 17.7 Å². The van der Waals surface area contributed by atoms with Crippen LogP contribution in [0.2, 0.25) is 0 Å². The van der Waals surface area contributed by atoms with Gasteiger partial charge in [-0.25, -0.2) is 4.98 Å². The number of benzene rings is 2. The Labute approximate surface area is 128 Å². The third-order valence-electron chi connectivity index (χ3n) is 3.50. The summed E-state index contributed by atoms with van der Waals surface area (Å²) in [6.45, 7) is 3.91. The standard InChI is InChI=1S/C18H16N2O2/c1-12-3-4-13(2)16(9-12)18(21)20-15-7-5-14(6-8-15)17-10-19-11-22-17/h3-11H,1-2H3,(H,20,21). The number of nitrogens with one attached hydrogen (secondary N) is 1. The van der Waals surface area contributed by atoms with E-state index in [9.17, 15) is 4.79 Å². The molecule has 0 saturated heterocycles. The van der Waals surface area contributed by atoms with Crippen molar-refractivity contribution in [2.45, 2.75) is 13.8 Å². The monoisotopic (exact) mass is 292 g/mol. The van der Waals surface area contributed by atoms with Gasteiger partial charge in [0.05, 0.1) is 6.20 Å². The molecule has 0 aliphatic heterocycles.